The third-order valence-electron chi connectivity index (χ3n) is 5.81. The first-order chi connectivity index (χ1) is 18.2. The van der Waals surface area contributed by atoms with E-state index >= 15 is 0 Å². The second-order valence-electron chi connectivity index (χ2n) is 8.67. The van der Waals surface area contributed by atoms with Gasteiger partial charge in [-0.15, -0.1) is 0 Å². The van der Waals surface area contributed by atoms with Crippen molar-refractivity contribution in [1.29, 1.82) is 5.41 Å². The summed E-state index contributed by atoms with van der Waals surface area (Å²) in [5.74, 6) is -2.21. The highest BCUT2D eigenvalue weighted by Crippen LogP contribution is 2.33. The zero-order valence-electron chi connectivity index (χ0n) is 21.2. The fraction of sp³-hybridized carbons (Fsp3) is 0.231. The topological polar surface area (TPSA) is 200 Å². The summed E-state index contributed by atoms with van der Waals surface area (Å²) in [4.78, 5) is 11.2. The van der Waals surface area contributed by atoms with Crippen LogP contribution in [0, 0.1) is 5.41 Å². The predicted octanol–water partition coefficient (Wildman–Crippen LogP) is 1.18. The molecule has 1 atom stereocenters. The number of sulfone groups is 1. The summed E-state index contributed by atoms with van der Waals surface area (Å²) in [6, 6.07) is 14.6. The van der Waals surface area contributed by atoms with E-state index < -0.39 is 42.6 Å². The molecular formula is C26H28N3O8S2-. The fourth-order valence-electron chi connectivity index (χ4n) is 3.81. The maximum Gasteiger partial charge on any atom is 0.244 e. The minimum Gasteiger partial charge on any atom is -0.546 e. The molecule has 0 aromatic heterocycles. The zero-order valence-corrected chi connectivity index (χ0v) is 22.8. The Bertz CT molecular complexity index is 1620. The van der Waals surface area contributed by atoms with Gasteiger partial charge in [0.2, 0.25) is 10.0 Å². The molecule has 3 aromatic rings. The number of hydrogen-bond donors (Lipinski definition) is 4. The van der Waals surface area contributed by atoms with Crippen molar-refractivity contribution in [2.75, 3.05) is 12.8 Å². The molecule has 39 heavy (non-hydrogen) atoms. The van der Waals surface area contributed by atoms with Gasteiger partial charge in [-0.05, 0) is 54.3 Å². The number of carbonyl (C=O) groups excluding carboxylic acids is 1. The molecule has 0 aliphatic rings. The zero-order chi connectivity index (χ0) is 29.0. The molecule has 1 unspecified atom stereocenters. The minimum atomic E-state index is -4.21. The molecule has 0 bridgehead atoms. The molecule has 3 aromatic carbocycles. The number of carbonyl (C=O) groups is 1. The van der Waals surface area contributed by atoms with Gasteiger partial charge >= 0.3 is 0 Å². The number of nitrogen functional groups attached to an aromatic ring is 1. The molecule has 11 nitrogen and oxygen atoms in total. The number of ether oxygens (including phenoxy) is 1. The van der Waals surface area contributed by atoms with E-state index in [0.717, 1.165) is 18.4 Å². The van der Waals surface area contributed by atoms with Crippen LogP contribution in [0.5, 0.6) is 11.5 Å². The summed E-state index contributed by atoms with van der Waals surface area (Å²) in [5, 5.41) is 29.1. The first-order valence-electron chi connectivity index (χ1n) is 11.7. The average molecular weight is 575 g/mol. The number of phenolic OH excluding ortho intramolecular Hbond substituents is 1. The van der Waals surface area contributed by atoms with Crippen molar-refractivity contribution in [1.82, 2.24) is 4.72 Å². The quantitative estimate of drug-likeness (QED) is 0.181. The summed E-state index contributed by atoms with van der Waals surface area (Å²) in [5.41, 5.74) is 6.82. The van der Waals surface area contributed by atoms with Gasteiger partial charge in [0.05, 0.1) is 10.9 Å². The van der Waals surface area contributed by atoms with Crippen LogP contribution < -0.4 is 20.3 Å². The van der Waals surface area contributed by atoms with Gasteiger partial charge in [0.1, 0.15) is 28.3 Å². The van der Waals surface area contributed by atoms with Crippen molar-refractivity contribution >= 4 is 31.7 Å². The molecule has 0 fully saturated rings. The van der Waals surface area contributed by atoms with E-state index in [1.54, 1.807) is 37.3 Å². The van der Waals surface area contributed by atoms with Crippen LogP contribution in [-0.2, 0) is 31.1 Å². The van der Waals surface area contributed by atoms with Gasteiger partial charge in [-0.3, -0.25) is 5.41 Å². The molecule has 0 saturated heterocycles. The number of rotatable bonds is 12. The fourth-order valence-corrected chi connectivity index (χ4v) is 5.88. The molecule has 13 heteroatoms. The molecule has 0 saturated carbocycles. The summed E-state index contributed by atoms with van der Waals surface area (Å²) in [6.45, 7) is 1.43. The van der Waals surface area contributed by atoms with Crippen molar-refractivity contribution < 1.29 is 36.6 Å². The second kappa shape index (κ2) is 11.8. The molecule has 0 spiro atoms. The molecule has 3 rings (SSSR count). The number of nitrogens with one attached hydrogen (secondary N) is 2. The van der Waals surface area contributed by atoms with Crippen LogP contribution in [0.3, 0.4) is 0 Å². The Morgan fingerprint density at radius 2 is 1.77 bits per heavy atom. The monoisotopic (exact) mass is 574 g/mol. The number of carboxylic acids is 1. The lowest BCUT2D eigenvalue weighted by Crippen LogP contribution is -2.39. The van der Waals surface area contributed by atoms with E-state index in [2.05, 4.69) is 4.72 Å². The molecular weight excluding hydrogens is 546 g/mol. The third-order valence-corrected chi connectivity index (χ3v) is 8.46. The highest BCUT2D eigenvalue weighted by Gasteiger charge is 2.21. The standard InChI is InChI=1S/C26H29N3O8S2/c1-3-21(26(31)32)37-22-14-17(19-6-4-5-7-23(19)38(2,33)34)9-8-16(22)12-13-29-39(35,36)24-15-18(25(27)28)10-11-20(24)30/h4-11,14-15,21,29-30H,3,12-13H2,1-2H3,(H3,27,28)(H,31,32)/p-1. The highest BCUT2D eigenvalue weighted by atomic mass is 32.2. The van der Waals surface area contributed by atoms with E-state index in [-0.39, 0.29) is 41.4 Å². The Balaban J connectivity index is 1.95. The van der Waals surface area contributed by atoms with E-state index in [1.165, 1.54) is 18.2 Å². The van der Waals surface area contributed by atoms with Gasteiger partial charge in [0.25, 0.3) is 0 Å². The maximum absolute atomic E-state index is 12.8. The van der Waals surface area contributed by atoms with Crippen molar-refractivity contribution in [2.24, 2.45) is 5.73 Å². The van der Waals surface area contributed by atoms with Crippen LogP contribution in [0.1, 0.15) is 24.5 Å². The molecule has 0 aliphatic carbocycles. The number of aliphatic carboxylic acids is 1. The molecule has 208 valence electrons. The number of phenols is 1. The Morgan fingerprint density at radius 3 is 2.38 bits per heavy atom. The van der Waals surface area contributed by atoms with Crippen molar-refractivity contribution in [3.05, 3.63) is 71.8 Å². The maximum atomic E-state index is 12.8. The van der Waals surface area contributed by atoms with Crippen LogP contribution in [0.2, 0.25) is 0 Å². The van der Waals surface area contributed by atoms with Gasteiger partial charge in [-0.25, -0.2) is 21.6 Å². The Kier molecular flexibility index (Phi) is 8.99. The van der Waals surface area contributed by atoms with E-state index in [1.807, 2.05) is 0 Å². The Labute approximate surface area is 226 Å². The molecule has 5 N–H and O–H groups in total. The lowest BCUT2D eigenvalue weighted by atomic mass is 10.0. The van der Waals surface area contributed by atoms with Crippen LogP contribution in [-0.4, -0.2) is 52.7 Å². The van der Waals surface area contributed by atoms with Gasteiger partial charge < -0.3 is 25.5 Å². The Hall–Kier alpha value is -3.94. The second-order valence-corrected chi connectivity index (χ2v) is 12.4. The van der Waals surface area contributed by atoms with Crippen LogP contribution in [0.25, 0.3) is 11.1 Å². The van der Waals surface area contributed by atoms with E-state index in [0.29, 0.717) is 16.7 Å². The number of hydrogen-bond acceptors (Lipinski definition) is 9. The Morgan fingerprint density at radius 1 is 1.08 bits per heavy atom. The summed E-state index contributed by atoms with van der Waals surface area (Å²) in [7, 11) is -7.79. The van der Waals surface area contributed by atoms with E-state index in [4.69, 9.17) is 15.9 Å². The van der Waals surface area contributed by atoms with Crippen LogP contribution >= 0.6 is 0 Å². The van der Waals surface area contributed by atoms with Gasteiger partial charge in [0, 0.05) is 23.9 Å². The van der Waals surface area contributed by atoms with Gasteiger partial charge in [0.15, 0.2) is 9.84 Å². The largest absolute Gasteiger partial charge is 0.546 e. The molecule has 0 heterocycles. The SMILES string of the molecule is CCC(Oc1cc(-c2ccccc2S(C)(=O)=O)ccc1CCNS(=O)(=O)c1cc(C(=N)N)ccc1O)C(=O)[O-]. The smallest absolute Gasteiger partial charge is 0.244 e. The summed E-state index contributed by atoms with van der Waals surface area (Å²) < 4.78 is 58.3. The van der Waals surface area contributed by atoms with Crippen LogP contribution in [0.15, 0.2) is 70.5 Å². The predicted molar refractivity (Wildman–Crippen MR) is 143 cm³/mol. The average Bonchev–Trinajstić information content (AvgIpc) is 2.87. The van der Waals surface area contributed by atoms with Gasteiger partial charge in [-0.2, -0.15) is 0 Å². The normalized spacial score (nSPS) is 12.6. The van der Waals surface area contributed by atoms with Crippen LogP contribution in [0.4, 0.5) is 0 Å². The van der Waals surface area contributed by atoms with E-state index in [9.17, 15) is 31.8 Å². The van der Waals surface area contributed by atoms with Crippen molar-refractivity contribution in [2.45, 2.75) is 35.7 Å². The number of benzene rings is 3. The van der Waals surface area contributed by atoms with Crippen molar-refractivity contribution in [3.8, 4) is 22.6 Å². The molecule has 0 aliphatic heterocycles. The number of amidine groups is 1. The molecule has 0 radical (unpaired) electrons. The number of carboxylic acid groups (broad SMARTS) is 1. The summed E-state index contributed by atoms with van der Waals surface area (Å²) >= 11 is 0. The molecule has 0 amide bonds. The number of sulfonamides is 1. The lowest BCUT2D eigenvalue weighted by molar-refractivity contribution is -0.313. The number of aromatic hydroxyl groups is 1. The number of nitrogens with two attached hydrogens (primary N) is 1. The lowest BCUT2D eigenvalue weighted by Gasteiger charge is -2.22. The van der Waals surface area contributed by atoms with Gasteiger partial charge in [-0.1, -0.05) is 37.3 Å². The first kappa shape index (κ1) is 29.6. The highest BCUT2D eigenvalue weighted by molar-refractivity contribution is 7.91. The minimum absolute atomic E-state index is 0.0548. The first-order valence-corrected chi connectivity index (χ1v) is 15.1. The summed E-state index contributed by atoms with van der Waals surface area (Å²) in [6.07, 6.45) is -0.0764. The van der Waals surface area contributed by atoms with Crippen molar-refractivity contribution in [3.63, 3.8) is 0 Å². The third kappa shape index (κ3) is 7.13.